The molecule has 0 unspecified atom stereocenters. The molecule has 0 atom stereocenters. The van der Waals surface area contributed by atoms with Gasteiger partial charge in [-0.1, -0.05) is 26.7 Å². The van der Waals surface area contributed by atoms with Gasteiger partial charge in [-0.15, -0.1) is 0 Å². The van der Waals surface area contributed by atoms with Gasteiger partial charge in [0, 0.05) is 19.0 Å². The largest absolute Gasteiger partial charge is 0.481 e. The molecule has 0 aromatic heterocycles. The monoisotopic (exact) mass is 269 g/mol. The molecule has 0 aliphatic heterocycles. The number of hydrogen-bond donors (Lipinski definition) is 1. The van der Waals surface area contributed by atoms with E-state index in [1.807, 2.05) is 4.90 Å². The van der Waals surface area contributed by atoms with E-state index in [1.54, 1.807) is 13.8 Å². The van der Waals surface area contributed by atoms with Crippen LogP contribution < -0.4 is 0 Å². The molecule has 110 valence electrons. The number of carbonyl (C=O) groups is 2. The van der Waals surface area contributed by atoms with E-state index in [0.717, 1.165) is 19.4 Å². The highest BCUT2D eigenvalue weighted by Gasteiger charge is 2.35. The van der Waals surface area contributed by atoms with Crippen LogP contribution in [-0.2, 0) is 9.59 Å². The predicted octanol–water partition coefficient (Wildman–Crippen LogP) is 2.91. The first-order chi connectivity index (χ1) is 8.74. The molecule has 1 saturated carbocycles. The smallest absolute Gasteiger partial charge is 0.309 e. The lowest BCUT2D eigenvalue weighted by molar-refractivity contribution is -0.152. The maximum atomic E-state index is 12.4. The Hall–Kier alpha value is -1.06. The number of amides is 1. The highest BCUT2D eigenvalue weighted by Crippen LogP contribution is 2.28. The summed E-state index contributed by atoms with van der Waals surface area (Å²) in [6.45, 7) is 8.17. The minimum Gasteiger partial charge on any atom is -0.481 e. The molecule has 1 fully saturated rings. The Balaban J connectivity index is 2.73. The Morgan fingerprint density at radius 2 is 1.79 bits per heavy atom. The molecule has 1 aliphatic carbocycles. The van der Waals surface area contributed by atoms with E-state index in [-0.39, 0.29) is 12.3 Å². The second kappa shape index (κ2) is 6.40. The van der Waals surface area contributed by atoms with Gasteiger partial charge in [-0.25, -0.2) is 0 Å². The van der Waals surface area contributed by atoms with Crippen LogP contribution in [0.4, 0.5) is 0 Å². The topological polar surface area (TPSA) is 57.6 Å². The van der Waals surface area contributed by atoms with Crippen LogP contribution >= 0.6 is 0 Å². The molecule has 0 heterocycles. The first kappa shape index (κ1) is 16.0. The van der Waals surface area contributed by atoms with Crippen molar-refractivity contribution in [3.05, 3.63) is 0 Å². The maximum absolute atomic E-state index is 12.4. The van der Waals surface area contributed by atoms with Gasteiger partial charge in [0.1, 0.15) is 0 Å². The Bertz CT molecular complexity index is 330. The molecule has 1 amide bonds. The number of carbonyl (C=O) groups excluding carboxylic acids is 1. The van der Waals surface area contributed by atoms with E-state index in [2.05, 4.69) is 13.8 Å². The normalized spacial score (nSPS) is 16.9. The average molecular weight is 269 g/mol. The summed E-state index contributed by atoms with van der Waals surface area (Å²) >= 11 is 0. The van der Waals surface area contributed by atoms with Crippen LogP contribution in [0.1, 0.15) is 59.8 Å². The van der Waals surface area contributed by atoms with Gasteiger partial charge in [0.25, 0.3) is 0 Å². The molecule has 1 aliphatic rings. The second-order valence-corrected chi connectivity index (χ2v) is 6.74. The highest BCUT2D eigenvalue weighted by atomic mass is 16.4. The number of hydrogen-bond acceptors (Lipinski definition) is 2. The minimum absolute atomic E-state index is 0.00648. The van der Waals surface area contributed by atoms with Crippen molar-refractivity contribution in [3.63, 3.8) is 0 Å². The van der Waals surface area contributed by atoms with Crippen molar-refractivity contribution in [1.29, 1.82) is 0 Å². The van der Waals surface area contributed by atoms with Gasteiger partial charge in [-0.3, -0.25) is 9.59 Å². The van der Waals surface area contributed by atoms with E-state index in [9.17, 15) is 9.59 Å². The van der Waals surface area contributed by atoms with Crippen LogP contribution in [0.25, 0.3) is 0 Å². The first-order valence-corrected chi connectivity index (χ1v) is 7.27. The molecule has 4 nitrogen and oxygen atoms in total. The molecule has 1 rings (SSSR count). The molecular formula is C15H27NO3. The van der Waals surface area contributed by atoms with E-state index in [1.165, 1.54) is 12.8 Å². The second-order valence-electron chi connectivity index (χ2n) is 6.74. The van der Waals surface area contributed by atoms with Gasteiger partial charge < -0.3 is 10.0 Å². The zero-order chi connectivity index (χ0) is 14.6. The summed E-state index contributed by atoms with van der Waals surface area (Å²) in [7, 11) is 0. The van der Waals surface area contributed by atoms with E-state index < -0.39 is 11.4 Å². The first-order valence-electron chi connectivity index (χ1n) is 7.27. The third-order valence-corrected chi connectivity index (χ3v) is 3.82. The third kappa shape index (κ3) is 4.51. The molecule has 0 aromatic rings. The van der Waals surface area contributed by atoms with Crippen LogP contribution in [0.15, 0.2) is 0 Å². The predicted molar refractivity (Wildman–Crippen MR) is 74.8 cm³/mol. The number of rotatable bonds is 6. The van der Waals surface area contributed by atoms with Crippen LogP contribution in [0.5, 0.6) is 0 Å². The van der Waals surface area contributed by atoms with E-state index in [4.69, 9.17) is 5.11 Å². The lowest BCUT2D eigenvalue weighted by atomic mass is 9.88. The van der Waals surface area contributed by atoms with Crippen molar-refractivity contribution in [2.75, 3.05) is 6.54 Å². The zero-order valence-corrected chi connectivity index (χ0v) is 12.6. The van der Waals surface area contributed by atoms with Crippen molar-refractivity contribution in [3.8, 4) is 0 Å². The SMILES string of the molecule is CC(C)CN(C(=O)CC(C)(C)C(=O)O)C1CCCC1. The summed E-state index contributed by atoms with van der Waals surface area (Å²) in [6, 6.07) is 0.319. The van der Waals surface area contributed by atoms with Crippen LogP contribution in [0.3, 0.4) is 0 Å². The fourth-order valence-corrected chi connectivity index (χ4v) is 2.62. The van der Waals surface area contributed by atoms with Gasteiger partial charge in [-0.05, 0) is 32.6 Å². The zero-order valence-electron chi connectivity index (χ0n) is 12.6. The Labute approximate surface area is 116 Å². The summed E-state index contributed by atoms with van der Waals surface area (Å²) in [4.78, 5) is 25.5. The summed E-state index contributed by atoms with van der Waals surface area (Å²) in [5.41, 5.74) is -0.981. The standard InChI is InChI=1S/C15H27NO3/c1-11(2)10-16(12-7-5-6-8-12)13(17)9-15(3,4)14(18)19/h11-12H,5-10H2,1-4H3,(H,18,19). The molecule has 19 heavy (non-hydrogen) atoms. The number of carboxylic acids is 1. The number of carboxylic acid groups (broad SMARTS) is 1. The quantitative estimate of drug-likeness (QED) is 0.806. The minimum atomic E-state index is -0.981. The third-order valence-electron chi connectivity index (χ3n) is 3.82. The molecular weight excluding hydrogens is 242 g/mol. The summed E-state index contributed by atoms with van der Waals surface area (Å²) in [5.74, 6) is -0.498. The van der Waals surface area contributed by atoms with Crippen molar-refractivity contribution in [1.82, 2.24) is 4.90 Å². The Morgan fingerprint density at radius 1 is 1.26 bits per heavy atom. The average Bonchev–Trinajstić information content (AvgIpc) is 2.77. The van der Waals surface area contributed by atoms with E-state index >= 15 is 0 Å². The van der Waals surface area contributed by atoms with Crippen molar-refractivity contribution in [2.45, 2.75) is 65.8 Å². The van der Waals surface area contributed by atoms with E-state index in [0.29, 0.717) is 12.0 Å². The lowest BCUT2D eigenvalue weighted by Gasteiger charge is -2.33. The molecule has 4 heteroatoms. The van der Waals surface area contributed by atoms with Crippen molar-refractivity contribution < 1.29 is 14.7 Å². The highest BCUT2D eigenvalue weighted by molar-refractivity contribution is 5.84. The van der Waals surface area contributed by atoms with Crippen LogP contribution in [-0.4, -0.2) is 34.5 Å². The Kier molecular flexibility index (Phi) is 5.39. The lowest BCUT2D eigenvalue weighted by Crippen LogP contribution is -2.43. The molecule has 0 aromatic carbocycles. The fourth-order valence-electron chi connectivity index (χ4n) is 2.62. The van der Waals surface area contributed by atoms with Gasteiger partial charge >= 0.3 is 5.97 Å². The van der Waals surface area contributed by atoms with Crippen LogP contribution in [0, 0.1) is 11.3 Å². The summed E-state index contributed by atoms with van der Waals surface area (Å²) < 4.78 is 0. The van der Waals surface area contributed by atoms with Gasteiger partial charge in [0.05, 0.1) is 5.41 Å². The van der Waals surface area contributed by atoms with Gasteiger partial charge in [0.2, 0.25) is 5.91 Å². The van der Waals surface area contributed by atoms with Gasteiger partial charge in [0.15, 0.2) is 0 Å². The van der Waals surface area contributed by atoms with Crippen molar-refractivity contribution in [2.24, 2.45) is 11.3 Å². The Morgan fingerprint density at radius 3 is 2.21 bits per heavy atom. The molecule has 0 spiro atoms. The molecule has 0 bridgehead atoms. The number of aliphatic carboxylic acids is 1. The molecule has 1 N–H and O–H groups in total. The molecule has 0 saturated heterocycles. The van der Waals surface area contributed by atoms with Crippen LogP contribution in [0.2, 0.25) is 0 Å². The molecule has 0 radical (unpaired) electrons. The summed E-state index contributed by atoms with van der Waals surface area (Å²) in [5, 5.41) is 9.15. The maximum Gasteiger partial charge on any atom is 0.309 e. The van der Waals surface area contributed by atoms with Crippen molar-refractivity contribution >= 4 is 11.9 Å². The summed E-state index contributed by atoms with van der Waals surface area (Å²) in [6.07, 6.45) is 4.56. The fraction of sp³-hybridized carbons (Fsp3) is 0.867. The van der Waals surface area contributed by atoms with Gasteiger partial charge in [-0.2, -0.15) is 0 Å². The number of nitrogens with zero attached hydrogens (tertiary/aromatic N) is 1.